The van der Waals surface area contributed by atoms with Crippen molar-refractivity contribution in [3.63, 3.8) is 0 Å². The number of rotatable bonds is 67. The Labute approximate surface area is 493 Å². The summed E-state index contributed by atoms with van der Waals surface area (Å²) in [5, 5.41) is 0. The van der Waals surface area contributed by atoms with Crippen LogP contribution in [-0.2, 0) is 28.6 Å². The van der Waals surface area contributed by atoms with Gasteiger partial charge in [0, 0.05) is 19.3 Å². The lowest BCUT2D eigenvalue weighted by Crippen LogP contribution is -2.30. The van der Waals surface area contributed by atoms with Gasteiger partial charge in [-0.25, -0.2) is 0 Å². The quantitative estimate of drug-likeness (QED) is 0.0261. The van der Waals surface area contributed by atoms with Gasteiger partial charge in [-0.1, -0.05) is 340 Å². The second kappa shape index (κ2) is 68.4. The van der Waals surface area contributed by atoms with Gasteiger partial charge in [-0.05, 0) is 70.6 Å². The number of hydrogen-bond donors (Lipinski definition) is 0. The predicted molar refractivity (Wildman–Crippen MR) is 344 cm³/mol. The van der Waals surface area contributed by atoms with Crippen molar-refractivity contribution >= 4 is 17.9 Å². The Bertz CT molecular complexity index is 1270. The third kappa shape index (κ3) is 66.6. The van der Waals surface area contributed by atoms with Crippen molar-refractivity contribution in [1.29, 1.82) is 0 Å². The molecule has 0 bridgehead atoms. The fourth-order valence-electron chi connectivity index (χ4n) is 11.0. The van der Waals surface area contributed by atoms with Gasteiger partial charge in [0.05, 0.1) is 0 Å². The lowest BCUT2D eigenvalue weighted by molar-refractivity contribution is -0.167. The Morgan fingerprint density at radius 1 is 0.241 bits per heavy atom. The number of hydrogen-bond acceptors (Lipinski definition) is 6. The van der Waals surface area contributed by atoms with Crippen LogP contribution in [0.25, 0.3) is 0 Å². The summed E-state index contributed by atoms with van der Waals surface area (Å²) in [6.07, 6.45) is 83.7. The molecule has 1 unspecified atom stereocenters. The van der Waals surface area contributed by atoms with Crippen LogP contribution in [0.2, 0.25) is 0 Å². The minimum absolute atomic E-state index is 0.0672. The first-order valence-electron chi connectivity index (χ1n) is 35.8. The second-order valence-corrected chi connectivity index (χ2v) is 24.5. The van der Waals surface area contributed by atoms with E-state index < -0.39 is 6.10 Å². The molecule has 1 atom stereocenters. The van der Waals surface area contributed by atoms with Crippen molar-refractivity contribution in [3.05, 3.63) is 24.3 Å². The molecule has 0 saturated heterocycles. The van der Waals surface area contributed by atoms with E-state index in [1.54, 1.807) is 0 Å². The van der Waals surface area contributed by atoms with Gasteiger partial charge in [0.1, 0.15) is 13.2 Å². The van der Waals surface area contributed by atoms with Crippen molar-refractivity contribution in [1.82, 2.24) is 0 Å². The number of esters is 3. The molecule has 0 fully saturated rings. The summed E-state index contributed by atoms with van der Waals surface area (Å²) in [6, 6.07) is 0. The van der Waals surface area contributed by atoms with E-state index in [-0.39, 0.29) is 31.1 Å². The Morgan fingerprint density at radius 3 is 0.646 bits per heavy atom. The van der Waals surface area contributed by atoms with Crippen molar-refractivity contribution in [2.75, 3.05) is 13.2 Å². The molecular formula is C73H138O6. The number of ether oxygens (including phenoxy) is 3. The van der Waals surface area contributed by atoms with E-state index in [1.165, 1.54) is 302 Å². The van der Waals surface area contributed by atoms with Crippen molar-refractivity contribution in [2.45, 2.75) is 412 Å². The molecular weight excluding hydrogens is 973 g/mol. The van der Waals surface area contributed by atoms with E-state index in [0.717, 1.165) is 64.2 Å². The van der Waals surface area contributed by atoms with Crippen LogP contribution >= 0.6 is 0 Å². The third-order valence-corrected chi connectivity index (χ3v) is 16.4. The first-order chi connectivity index (χ1) is 39.0. The van der Waals surface area contributed by atoms with Crippen molar-refractivity contribution < 1.29 is 28.6 Å². The van der Waals surface area contributed by atoms with Gasteiger partial charge in [0.2, 0.25) is 0 Å². The van der Waals surface area contributed by atoms with Crippen LogP contribution in [0.1, 0.15) is 406 Å². The highest BCUT2D eigenvalue weighted by atomic mass is 16.6. The maximum atomic E-state index is 12.9. The minimum atomic E-state index is -0.770. The first kappa shape index (κ1) is 76.9. The summed E-state index contributed by atoms with van der Waals surface area (Å²) >= 11 is 0. The summed E-state index contributed by atoms with van der Waals surface area (Å²) < 4.78 is 17.0. The Balaban J connectivity index is 4.07. The van der Waals surface area contributed by atoms with Gasteiger partial charge < -0.3 is 14.2 Å². The summed E-state index contributed by atoms with van der Waals surface area (Å²) in [5.74, 6) is -0.846. The zero-order valence-electron chi connectivity index (χ0n) is 53.7. The van der Waals surface area contributed by atoms with Crippen molar-refractivity contribution in [2.24, 2.45) is 0 Å². The summed E-state index contributed by atoms with van der Waals surface area (Å²) in [6.45, 7) is 6.69. The summed E-state index contributed by atoms with van der Waals surface area (Å²) in [4.78, 5) is 38.3. The molecule has 0 radical (unpaired) electrons. The van der Waals surface area contributed by atoms with Crippen molar-refractivity contribution in [3.8, 4) is 0 Å². The fraction of sp³-hybridized carbons (Fsp3) is 0.904. The van der Waals surface area contributed by atoms with Crippen LogP contribution in [0.4, 0.5) is 0 Å². The maximum absolute atomic E-state index is 12.9. The number of carbonyl (C=O) groups excluding carboxylic acids is 3. The van der Waals surface area contributed by atoms with E-state index in [2.05, 4.69) is 45.1 Å². The van der Waals surface area contributed by atoms with Crippen LogP contribution in [0.5, 0.6) is 0 Å². The highest BCUT2D eigenvalue weighted by Crippen LogP contribution is 2.19. The number of allylic oxidation sites excluding steroid dienone is 4. The van der Waals surface area contributed by atoms with Gasteiger partial charge in [-0.3, -0.25) is 14.4 Å². The summed E-state index contributed by atoms with van der Waals surface area (Å²) in [7, 11) is 0. The van der Waals surface area contributed by atoms with E-state index >= 15 is 0 Å². The Kier molecular flexibility index (Phi) is 66.6. The molecule has 0 amide bonds. The number of carbonyl (C=O) groups is 3. The highest BCUT2D eigenvalue weighted by molar-refractivity contribution is 5.71. The van der Waals surface area contributed by atoms with Crippen LogP contribution < -0.4 is 0 Å². The molecule has 0 spiro atoms. The monoisotopic (exact) mass is 1110 g/mol. The normalized spacial score (nSPS) is 12.1. The SMILES string of the molecule is CCCCCC/C=C\CCCCCCCC(=O)OCC(COC(=O)CCCCCCCCCCCCCCCCCCCCCCC/C=C\CCCCCCCCCC)OC(=O)CCCCCCCCCCCCCCCCC. The van der Waals surface area contributed by atoms with Gasteiger partial charge >= 0.3 is 17.9 Å². The standard InChI is InChI=1S/C73H138O6/c1-4-7-10-13-16-19-22-25-27-28-29-30-31-32-33-34-35-36-37-38-39-40-41-42-43-44-46-48-51-54-57-60-63-66-72(75)78-69-70(68-77-71(74)65-62-59-56-53-50-47-24-21-18-15-12-9-6-3)79-73(76)67-64-61-58-55-52-49-45-26-23-20-17-14-11-8-5-2/h21,24,28-29,70H,4-20,22-23,25-27,30-69H2,1-3H3/b24-21-,29-28-. The molecule has 0 aromatic heterocycles. The minimum Gasteiger partial charge on any atom is -0.462 e. The molecule has 0 aromatic rings. The lowest BCUT2D eigenvalue weighted by Gasteiger charge is -2.18. The summed E-state index contributed by atoms with van der Waals surface area (Å²) in [5.41, 5.74) is 0. The maximum Gasteiger partial charge on any atom is 0.306 e. The van der Waals surface area contributed by atoms with E-state index in [4.69, 9.17) is 14.2 Å². The predicted octanol–water partition coefficient (Wildman–Crippen LogP) is 24.6. The van der Waals surface area contributed by atoms with Crippen LogP contribution in [0, 0.1) is 0 Å². The molecule has 6 heteroatoms. The zero-order valence-corrected chi connectivity index (χ0v) is 53.7. The lowest BCUT2D eigenvalue weighted by atomic mass is 10.0. The molecule has 0 heterocycles. The molecule has 0 rings (SSSR count). The molecule has 0 aliphatic carbocycles. The molecule has 79 heavy (non-hydrogen) atoms. The average molecular weight is 1110 g/mol. The first-order valence-corrected chi connectivity index (χ1v) is 35.8. The third-order valence-electron chi connectivity index (χ3n) is 16.4. The van der Waals surface area contributed by atoms with E-state index in [1.807, 2.05) is 0 Å². The van der Waals surface area contributed by atoms with Gasteiger partial charge in [-0.15, -0.1) is 0 Å². The smallest absolute Gasteiger partial charge is 0.306 e. The topological polar surface area (TPSA) is 78.9 Å². The van der Waals surface area contributed by atoms with E-state index in [9.17, 15) is 14.4 Å². The number of unbranched alkanes of at least 4 members (excludes halogenated alkanes) is 52. The van der Waals surface area contributed by atoms with Gasteiger partial charge in [0.15, 0.2) is 6.10 Å². The van der Waals surface area contributed by atoms with Crippen LogP contribution in [-0.4, -0.2) is 37.2 Å². The second-order valence-electron chi connectivity index (χ2n) is 24.5. The van der Waals surface area contributed by atoms with Gasteiger partial charge in [-0.2, -0.15) is 0 Å². The molecule has 0 saturated carbocycles. The average Bonchev–Trinajstić information content (AvgIpc) is 3.45. The molecule has 0 aliphatic heterocycles. The largest absolute Gasteiger partial charge is 0.462 e. The van der Waals surface area contributed by atoms with Gasteiger partial charge in [0.25, 0.3) is 0 Å². The molecule has 0 N–H and O–H groups in total. The highest BCUT2D eigenvalue weighted by Gasteiger charge is 2.19. The molecule has 466 valence electrons. The fourth-order valence-corrected chi connectivity index (χ4v) is 11.0. The molecule has 0 aromatic carbocycles. The van der Waals surface area contributed by atoms with E-state index in [0.29, 0.717) is 19.3 Å². The zero-order chi connectivity index (χ0) is 57.1. The Morgan fingerprint density at radius 2 is 0.418 bits per heavy atom. The molecule has 0 aliphatic rings. The van der Waals surface area contributed by atoms with Crippen LogP contribution in [0.15, 0.2) is 24.3 Å². The van der Waals surface area contributed by atoms with Crippen LogP contribution in [0.3, 0.4) is 0 Å². The molecule has 6 nitrogen and oxygen atoms in total. The Hall–Kier alpha value is -2.11.